The van der Waals surface area contributed by atoms with Crippen LogP contribution in [0.2, 0.25) is 5.02 Å². The smallest absolute Gasteiger partial charge is 0.270 e. The Kier molecular flexibility index (Phi) is 4.63. The summed E-state index contributed by atoms with van der Waals surface area (Å²) in [6.45, 7) is 5.91. The number of nitrogens with one attached hydrogen (secondary N) is 1. The maximum Gasteiger partial charge on any atom is 0.270 e. The first-order chi connectivity index (χ1) is 12.2. The molecule has 0 aromatic heterocycles. The average Bonchev–Trinajstić information content (AvgIpc) is 2.54. The van der Waals surface area contributed by atoms with Gasteiger partial charge in [-0.25, -0.2) is 0 Å². The van der Waals surface area contributed by atoms with E-state index in [1.807, 2.05) is 39.0 Å². The Balaban J connectivity index is 1.90. The Hall–Kier alpha value is -2.60. The van der Waals surface area contributed by atoms with Gasteiger partial charge in [0.15, 0.2) is 0 Å². The van der Waals surface area contributed by atoms with Crippen molar-refractivity contribution in [1.82, 2.24) is 5.32 Å². The maximum atomic E-state index is 12.7. The largest absolute Gasteiger partial charge is 0.487 e. The van der Waals surface area contributed by atoms with Crippen LogP contribution in [0.15, 0.2) is 36.4 Å². The number of amides is 1. The molecule has 2 aromatic rings. The molecule has 1 unspecified atom stereocenters. The molecular formula is C19H19ClN2O4. The van der Waals surface area contributed by atoms with E-state index in [4.69, 9.17) is 16.3 Å². The molecule has 6 nitrogen and oxygen atoms in total. The van der Waals surface area contributed by atoms with Gasteiger partial charge < -0.3 is 10.1 Å². The molecule has 136 valence electrons. The van der Waals surface area contributed by atoms with Crippen molar-refractivity contribution in [2.45, 2.75) is 38.8 Å². The molecule has 1 aliphatic rings. The van der Waals surface area contributed by atoms with Gasteiger partial charge in [0.05, 0.1) is 21.6 Å². The van der Waals surface area contributed by atoms with Gasteiger partial charge in [-0.05, 0) is 32.9 Å². The number of nitrogens with zero attached hydrogens (tertiary/aromatic N) is 1. The second-order valence-electron chi connectivity index (χ2n) is 7.05. The highest BCUT2D eigenvalue weighted by Crippen LogP contribution is 2.40. The number of ether oxygens (including phenoxy) is 1. The van der Waals surface area contributed by atoms with Crippen LogP contribution in [0.1, 0.15) is 47.8 Å². The van der Waals surface area contributed by atoms with Crippen molar-refractivity contribution < 1.29 is 14.5 Å². The third-order valence-electron chi connectivity index (χ3n) is 4.34. The Morgan fingerprint density at radius 1 is 1.31 bits per heavy atom. The zero-order valence-corrected chi connectivity index (χ0v) is 15.5. The van der Waals surface area contributed by atoms with Gasteiger partial charge in [0.1, 0.15) is 11.4 Å². The molecule has 0 saturated heterocycles. The van der Waals surface area contributed by atoms with Crippen LogP contribution in [-0.4, -0.2) is 16.4 Å². The summed E-state index contributed by atoms with van der Waals surface area (Å²) in [6.07, 6.45) is 0.597. The number of halogens is 1. The Bertz CT molecular complexity index is 895. The van der Waals surface area contributed by atoms with Gasteiger partial charge in [-0.1, -0.05) is 29.3 Å². The predicted octanol–water partition coefficient (Wildman–Crippen LogP) is 4.59. The van der Waals surface area contributed by atoms with Crippen LogP contribution in [0.4, 0.5) is 5.69 Å². The lowest BCUT2D eigenvalue weighted by Crippen LogP contribution is -2.41. The summed E-state index contributed by atoms with van der Waals surface area (Å²) in [5, 5.41) is 13.9. The monoisotopic (exact) mass is 374 g/mol. The molecule has 0 aliphatic carbocycles. The van der Waals surface area contributed by atoms with E-state index < -0.39 is 10.5 Å². The van der Waals surface area contributed by atoms with E-state index in [1.165, 1.54) is 18.2 Å². The van der Waals surface area contributed by atoms with Crippen LogP contribution in [0, 0.1) is 17.0 Å². The highest BCUT2D eigenvalue weighted by molar-refractivity contribution is 6.34. The minimum absolute atomic E-state index is 0.0486. The van der Waals surface area contributed by atoms with Gasteiger partial charge in [-0.15, -0.1) is 0 Å². The fourth-order valence-electron chi connectivity index (χ4n) is 3.14. The first-order valence-corrected chi connectivity index (χ1v) is 8.58. The number of benzene rings is 2. The molecule has 1 heterocycles. The van der Waals surface area contributed by atoms with E-state index >= 15 is 0 Å². The molecule has 0 spiro atoms. The van der Waals surface area contributed by atoms with Crippen molar-refractivity contribution in [2.75, 3.05) is 0 Å². The highest BCUT2D eigenvalue weighted by Gasteiger charge is 2.35. The fourth-order valence-corrected chi connectivity index (χ4v) is 3.40. The summed E-state index contributed by atoms with van der Waals surface area (Å²) in [5.41, 5.74) is 1.60. The third kappa shape index (κ3) is 3.65. The molecule has 3 rings (SSSR count). The van der Waals surface area contributed by atoms with Crippen molar-refractivity contribution in [3.63, 3.8) is 0 Å². The highest BCUT2D eigenvalue weighted by atomic mass is 35.5. The lowest BCUT2D eigenvalue weighted by atomic mass is 9.88. The summed E-state index contributed by atoms with van der Waals surface area (Å²) in [6, 6.07) is 9.45. The summed E-state index contributed by atoms with van der Waals surface area (Å²) in [5.74, 6) is 0.368. The van der Waals surface area contributed by atoms with Crippen molar-refractivity contribution in [3.8, 4) is 5.75 Å². The number of fused-ring (bicyclic) bond motifs is 1. The number of nitro benzene ring substituents is 1. The number of carbonyl (C=O) groups excluding carboxylic acids is 1. The molecule has 1 N–H and O–H groups in total. The minimum Gasteiger partial charge on any atom is -0.487 e. The quantitative estimate of drug-likeness (QED) is 0.629. The second kappa shape index (κ2) is 6.61. The summed E-state index contributed by atoms with van der Waals surface area (Å²) >= 11 is 6.08. The van der Waals surface area contributed by atoms with Crippen LogP contribution < -0.4 is 10.1 Å². The second-order valence-corrected chi connectivity index (χ2v) is 7.46. The Morgan fingerprint density at radius 3 is 2.69 bits per heavy atom. The van der Waals surface area contributed by atoms with Crippen LogP contribution in [0.3, 0.4) is 0 Å². The molecule has 1 amide bonds. The van der Waals surface area contributed by atoms with E-state index in [0.29, 0.717) is 6.42 Å². The molecule has 1 aliphatic heterocycles. The topological polar surface area (TPSA) is 81.5 Å². The zero-order chi connectivity index (χ0) is 19.1. The lowest BCUT2D eigenvalue weighted by molar-refractivity contribution is -0.384. The molecule has 0 radical (unpaired) electrons. The van der Waals surface area contributed by atoms with Crippen LogP contribution in [-0.2, 0) is 0 Å². The molecule has 0 saturated carbocycles. The zero-order valence-electron chi connectivity index (χ0n) is 14.7. The molecule has 2 aromatic carbocycles. The number of hydrogen-bond donors (Lipinski definition) is 1. The van der Waals surface area contributed by atoms with Crippen molar-refractivity contribution in [2.24, 2.45) is 0 Å². The van der Waals surface area contributed by atoms with Gasteiger partial charge >= 0.3 is 0 Å². The summed E-state index contributed by atoms with van der Waals surface area (Å²) in [4.78, 5) is 23.0. The first-order valence-electron chi connectivity index (χ1n) is 8.21. The van der Waals surface area contributed by atoms with E-state index in [9.17, 15) is 14.9 Å². The summed E-state index contributed by atoms with van der Waals surface area (Å²) in [7, 11) is 0. The fraction of sp³-hybridized carbons (Fsp3) is 0.316. The van der Waals surface area contributed by atoms with Gasteiger partial charge in [0.2, 0.25) is 0 Å². The SMILES string of the molecule is Cc1ccc2c(c1)C(NC(=O)c1ccc([N+](=O)[O-])cc1Cl)CC(C)(C)O2. The number of carbonyl (C=O) groups is 1. The maximum absolute atomic E-state index is 12.7. The predicted molar refractivity (Wildman–Crippen MR) is 98.8 cm³/mol. The Morgan fingerprint density at radius 2 is 2.04 bits per heavy atom. The molecule has 0 fully saturated rings. The third-order valence-corrected chi connectivity index (χ3v) is 4.65. The van der Waals surface area contributed by atoms with Crippen molar-refractivity contribution in [3.05, 3.63) is 68.2 Å². The minimum atomic E-state index is -0.548. The van der Waals surface area contributed by atoms with E-state index in [0.717, 1.165) is 16.9 Å². The van der Waals surface area contributed by atoms with Crippen molar-refractivity contribution >= 4 is 23.2 Å². The number of nitro groups is 1. The lowest BCUT2D eigenvalue weighted by Gasteiger charge is -2.38. The molecular weight excluding hydrogens is 356 g/mol. The van der Waals surface area contributed by atoms with Gasteiger partial charge in [0, 0.05) is 24.1 Å². The van der Waals surface area contributed by atoms with Gasteiger partial charge in [0.25, 0.3) is 11.6 Å². The number of non-ortho nitro benzene ring substituents is 1. The van der Waals surface area contributed by atoms with Crippen LogP contribution >= 0.6 is 11.6 Å². The first kappa shape index (κ1) is 18.2. The molecule has 7 heteroatoms. The normalized spacial score (nSPS) is 17.8. The van der Waals surface area contributed by atoms with Gasteiger partial charge in [-0.3, -0.25) is 14.9 Å². The van der Waals surface area contributed by atoms with Crippen LogP contribution in [0.5, 0.6) is 5.75 Å². The number of rotatable bonds is 3. The average molecular weight is 375 g/mol. The van der Waals surface area contributed by atoms with Crippen LogP contribution in [0.25, 0.3) is 0 Å². The Labute approximate surface area is 156 Å². The van der Waals surface area contributed by atoms with E-state index in [2.05, 4.69) is 5.32 Å². The molecule has 0 bridgehead atoms. The van der Waals surface area contributed by atoms with Gasteiger partial charge in [-0.2, -0.15) is 0 Å². The number of hydrogen-bond acceptors (Lipinski definition) is 4. The van der Waals surface area contributed by atoms with E-state index in [1.54, 1.807) is 0 Å². The van der Waals surface area contributed by atoms with Crippen molar-refractivity contribution in [1.29, 1.82) is 0 Å². The number of aryl methyl sites for hydroxylation is 1. The summed E-state index contributed by atoms with van der Waals surface area (Å²) < 4.78 is 6.01. The van der Waals surface area contributed by atoms with E-state index in [-0.39, 0.29) is 28.2 Å². The molecule has 26 heavy (non-hydrogen) atoms. The molecule has 1 atom stereocenters. The standard InChI is InChI=1S/C19H19ClN2O4/c1-11-4-7-17-14(8-11)16(10-19(2,3)26-17)21-18(23)13-6-5-12(22(24)25)9-15(13)20/h4-9,16H,10H2,1-3H3,(H,21,23).